The number of hydroxylamine groups is 2. The average Bonchev–Trinajstić information content (AvgIpc) is 2.81. The van der Waals surface area contributed by atoms with Crippen molar-refractivity contribution in [1.29, 1.82) is 0 Å². The van der Waals surface area contributed by atoms with Crippen molar-refractivity contribution >= 4 is 18.7 Å². The number of benzene rings is 2. The van der Waals surface area contributed by atoms with Gasteiger partial charge in [0.25, 0.3) is 0 Å². The van der Waals surface area contributed by atoms with Gasteiger partial charge in [0.05, 0.1) is 12.6 Å². The Morgan fingerprint density at radius 2 is 2.00 bits per heavy atom. The Labute approximate surface area is 232 Å². The van der Waals surface area contributed by atoms with Gasteiger partial charge in [0.2, 0.25) is 6.41 Å². The zero-order valence-corrected chi connectivity index (χ0v) is 23.4. The van der Waals surface area contributed by atoms with Crippen LogP contribution in [0.2, 0.25) is 0 Å². The molecule has 3 N–H and O–H groups in total. The number of amides is 1. The van der Waals surface area contributed by atoms with Crippen LogP contribution in [-0.2, 0) is 37.5 Å². The summed E-state index contributed by atoms with van der Waals surface area (Å²) in [5.41, 5.74) is 0.765. The van der Waals surface area contributed by atoms with Gasteiger partial charge < -0.3 is 25.1 Å². The van der Waals surface area contributed by atoms with Crippen molar-refractivity contribution < 1.29 is 57.3 Å². The molecule has 1 radical (unpaired) electrons. The molecule has 1 aliphatic heterocycles. The van der Waals surface area contributed by atoms with Crippen LogP contribution in [0.1, 0.15) is 32.1 Å². The molecule has 0 saturated carbocycles. The first-order chi connectivity index (χ1) is 16.5. The van der Waals surface area contributed by atoms with Gasteiger partial charge in [-0.1, -0.05) is 37.6 Å². The molecule has 1 heterocycles. The standard InChI is InChI=1S/C15H13NO3.C9H17NO.C2H5NO.Y/c1-10-2-4-12-14(8-10)19-15-9-11(18-7-6-17)3-5-13(15)16-12;1-10(11)9-7-5-3-2-4-6-8-9;1-3-2-4;/h2-5,8-9,17H,1,6-7H2;5,7,9,11H,2-4,6,8H2,1H3;2H,1H3,(H,3,4);/b;7-5-;;. The van der Waals surface area contributed by atoms with Crippen molar-refractivity contribution in [3.8, 4) is 17.2 Å². The van der Waals surface area contributed by atoms with Crippen LogP contribution in [0.25, 0.3) is 6.58 Å². The number of aliphatic hydroxyl groups is 1. The number of aliphatic hydroxyl groups excluding tert-OH is 1. The van der Waals surface area contributed by atoms with Gasteiger partial charge in [0, 0.05) is 52.9 Å². The molecule has 2 aromatic rings. The molecule has 0 bridgehead atoms. The molecule has 35 heavy (non-hydrogen) atoms. The zero-order chi connectivity index (χ0) is 24.8. The van der Waals surface area contributed by atoms with Gasteiger partial charge in [-0.25, -0.2) is 4.99 Å². The smallest absolute Gasteiger partial charge is 0.206 e. The molecule has 2 aliphatic rings. The summed E-state index contributed by atoms with van der Waals surface area (Å²) >= 11 is 0. The molecule has 187 valence electrons. The maximum absolute atomic E-state index is 9.18. The maximum Gasteiger partial charge on any atom is 0.206 e. The number of ether oxygens (including phenoxy) is 2. The molecule has 2 aromatic carbocycles. The molecule has 8 nitrogen and oxygen atoms in total. The van der Waals surface area contributed by atoms with Crippen molar-refractivity contribution in [3.63, 3.8) is 0 Å². The number of fused-ring (bicyclic) bond motifs is 2. The molecule has 9 heteroatoms. The Kier molecular flexibility index (Phi) is 15.3. The first kappa shape index (κ1) is 30.9. The summed E-state index contributed by atoms with van der Waals surface area (Å²) in [6.45, 7) is 4.11. The molecule has 0 fully saturated rings. The molecule has 0 spiro atoms. The van der Waals surface area contributed by atoms with Gasteiger partial charge >= 0.3 is 0 Å². The van der Waals surface area contributed by atoms with E-state index in [1.807, 2.05) is 30.3 Å². The molecule has 4 rings (SSSR count). The fourth-order valence-electron chi connectivity index (χ4n) is 3.36. The van der Waals surface area contributed by atoms with Crippen LogP contribution in [0.15, 0.2) is 53.5 Å². The van der Waals surface area contributed by atoms with E-state index >= 15 is 0 Å². The minimum absolute atomic E-state index is 0. The predicted octanol–water partition coefficient (Wildman–Crippen LogP) is 3.08. The van der Waals surface area contributed by atoms with Crippen LogP contribution in [0.3, 0.4) is 0 Å². The van der Waals surface area contributed by atoms with Gasteiger partial charge in [0.1, 0.15) is 23.4 Å². The number of hydrogen-bond acceptors (Lipinski definition) is 7. The maximum atomic E-state index is 9.18. The SMILES string of the molecule is C=c1ccc2c(c1)Oc1cc(OCCO)ccc1N=2.CN(O)C1/C=C\CCCCC1.CNC=O.[Y]. The largest absolute Gasteiger partial charge is 0.491 e. The van der Waals surface area contributed by atoms with Gasteiger partial charge in [-0.05, 0) is 48.7 Å². The molecular formula is C26H35N3O5Y. The van der Waals surface area contributed by atoms with Crippen molar-refractivity contribution in [1.82, 2.24) is 10.4 Å². The summed E-state index contributed by atoms with van der Waals surface area (Å²) in [6, 6.07) is 11.3. The molecule has 1 aliphatic carbocycles. The molecule has 0 aromatic heterocycles. The number of carbonyl (C=O) groups excluding carboxylic acids is 1. The normalized spacial score (nSPS) is 16.3. The molecule has 1 amide bonds. The summed E-state index contributed by atoms with van der Waals surface area (Å²) < 4.78 is 11.2. The molecule has 0 saturated heterocycles. The minimum atomic E-state index is -0.0178. The summed E-state index contributed by atoms with van der Waals surface area (Å²) in [6.07, 6.45) is 11.0. The number of allylic oxidation sites excluding steroid dienone is 1. The van der Waals surface area contributed by atoms with E-state index in [9.17, 15) is 5.21 Å². The van der Waals surface area contributed by atoms with Gasteiger partial charge in [-0.3, -0.25) is 4.79 Å². The second kappa shape index (κ2) is 17.4. The van der Waals surface area contributed by atoms with E-state index in [1.165, 1.54) is 30.7 Å². The second-order valence-electron chi connectivity index (χ2n) is 7.83. The third-order valence-corrected chi connectivity index (χ3v) is 5.10. The van der Waals surface area contributed by atoms with Crippen LogP contribution < -0.4 is 25.4 Å². The minimum Gasteiger partial charge on any atom is -0.491 e. The summed E-state index contributed by atoms with van der Waals surface area (Å²) in [5, 5.41) is 23.2. The quantitative estimate of drug-likeness (QED) is 0.253. The Hall–Kier alpha value is -2.10. The van der Waals surface area contributed by atoms with E-state index in [0.717, 1.165) is 22.7 Å². The molecule has 1 unspecified atom stereocenters. The van der Waals surface area contributed by atoms with Crippen molar-refractivity contribution in [2.24, 2.45) is 4.99 Å². The Morgan fingerprint density at radius 3 is 2.69 bits per heavy atom. The number of rotatable bonds is 5. The predicted molar refractivity (Wildman–Crippen MR) is 132 cm³/mol. The number of carbonyl (C=O) groups is 1. The van der Waals surface area contributed by atoms with Crippen LogP contribution in [0.4, 0.5) is 5.69 Å². The zero-order valence-electron chi connectivity index (χ0n) is 20.5. The van der Waals surface area contributed by atoms with Gasteiger partial charge in [-0.2, -0.15) is 5.06 Å². The molecule has 1 atom stereocenters. The van der Waals surface area contributed by atoms with Crippen molar-refractivity contribution in [3.05, 3.63) is 59.1 Å². The first-order valence-electron chi connectivity index (χ1n) is 11.4. The summed E-state index contributed by atoms with van der Waals surface area (Å²) in [7, 11) is 3.28. The van der Waals surface area contributed by atoms with Crippen LogP contribution in [-0.4, -0.2) is 55.1 Å². The van der Waals surface area contributed by atoms with E-state index in [4.69, 9.17) is 19.4 Å². The van der Waals surface area contributed by atoms with Crippen LogP contribution in [0.5, 0.6) is 17.2 Å². The van der Waals surface area contributed by atoms with Crippen LogP contribution >= 0.6 is 0 Å². The third kappa shape index (κ3) is 11.0. The Balaban J connectivity index is 0.000000327. The van der Waals surface area contributed by atoms with Gasteiger partial charge in [0.15, 0.2) is 11.5 Å². The number of hydrogen-bond donors (Lipinski definition) is 3. The molecular weight excluding hydrogens is 523 g/mol. The van der Waals surface area contributed by atoms with E-state index in [0.29, 0.717) is 23.7 Å². The number of nitrogens with zero attached hydrogens (tertiary/aromatic N) is 2. The van der Waals surface area contributed by atoms with Gasteiger partial charge in [-0.15, -0.1) is 0 Å². The third-order valence-electron chi connectivity index (χ3n) is 5.10. The fourth-order valence-corrected chi connectivity index (χ4v) is 3.36. The van der Waals surface area contributed by atoms with Crippen molar-refractivity contribution in [2.75, 3.05) is 27.3 Å². The summed E-state index contributed by atoms with van der Waals surface area (Å²) in [4.78, 5) is 13.6. The first-order valence-corrected chi connectivity index (χ1v) is 11.4. The fraction of sp³-hybridized carbons (Fsp3) is 0.385. The van der Waals surface area contributed by atoms with E-state index in [-0.39, 0.29) is 52.0 Å². The summed E-state index contributed by atoms with van der Waals surface area (Å²) in [5.74, 6) is 1.99. The number of likely N-dealkylation sites (N-methyl/N-ethyl adjacent to an activating group) is 1. The van der Waals surface area contributed by atoms with E-state index in [1.54, 1.807) is 20.2 Å². The topological polar surface area (TPSA) is 104 Å². The Morgan fingerprint density at radius 1 is 1.23 bits per heavy atom. The van der Waals surface area contributed by atoms with E-state index in [2.05, 4.69) is 29.0 Å². The van der Waals surface area contributed by atoms with Crippen molar-refractivity contribution in [2.45, 2.75) is 38.1 Å². The monoisotopic (exact) mass is 558 g/mol. The van der Waals surface area contributed by atoms with E-state index < -0.39 is 0 Å². The Bertz CT molecular complexity index is 1050. The van der Waals surface area contributed by atoms with Crippen LogP contribution in [0, 0.1) is 0 Å². The number of nitrogens with one attached hydrogen (secondary N) is 1. The average molecular weight is 558 g/mol. The second-order valence-corrected chi connectivity index (χ2v) is 7.83.